The Kier molecular flexibility index (Phi) is 10.8. The number of ether oxygens (including phenoxy) is 1. The highest BCUT2D eigenvalue weighted by molar-refractivity contribution is 7.92. The van der Waals surface area contributed by atoms with E-state index in [1.165, 1.54) is 29.2 Å². The summed E-state index contributed by atoms with van der Waals surface area (Å²) in [6, 6.07) is 17.7. The van der Waals surface area contributed by atoms with E-state index >= 15 is 0 Å². The van der Waals surface area contributed by atoms with Crippen molar-refractivity contribution >= 4 is 27.5 Å². The molecule has 4 rings (SSSR count). The lowest BCUT2D eigenvalue weighted by molar-refractivity contribution is -0.140. The van der Waals surface area contributed by atoms with Crippen molar-refractivity contribution < 1.29 is 27.1 Å². The Hall–Kier alpha value is -3.92. The van der Waals surface area contributed by atoms with E-state index in [1.807, 2.05) is 45.0 Å². The molecule has 0 unspecified atom stereocenters. The molecule has 1 saturated carbocycles. The first-order valence-corrected chi connectivity index (χ1v) is 16.2. The van der Waals surface area contributed by atoms with E-state index in [1.54, 1.807) is 12.1 Å². The predicted molar refractivity (Wildman–Crippen MR) is 165 cm³/mol. The van der Waals surface area contributed by atoms with Gasteiger partial charge in [0.15, 0.2) is 0 Å². The maximum atomic E-state index is 14.2. The van der Waals surface area contributed by atoms with Crippen LogP contribution in [0.2, 0.25) is 0 Å². The normalized spacial score (nSPS) is 14.2. The van der Waals surface area contributed by atoms with Crippen LogP contribution in [0.3, 0.4) is 0 Å². The Balaban J connectivity index is 1.71. The molecule has 0 spiro atoms. The molecular formula is C33H40FN3O5S. The summed E-state index contributed by atoms with van der Waals surface area (Å²) in [4.78, 5) is 29.2. The van der Waals surface area contributed by atoms with Crippen molar-refractivity contribution in [1.29, 1.82) is 0 Å². The Morgan fingerprint density at radius 3 is 2.23 bits per heavy atom. The number of nitrogens with zero attached hydrogens (tertiary/aromatic N) is 2. The largest absolute Gasteiger partial charge is 0.494 e. The minimum atomic E-state index is -4.27. The van der Waals surface area contributed by atoms with Crippen molar-refractivity contribution in [3.63, 3.8) is 0 Å². The van der Waals surface area contributed by atoms with Gasteiger partial charge in [0.1, 0.15) is 24.2 Å². The lowest BCUT2D eigenvalue weighted by Crippen LogP contribution is -2.53. The first-order chi connectivity index (χ1) is 20.6. The third-order valence-electron chi connectivity index (χ3n) is 7.81. The van der Waals surface area contributed by atoms with Crippen molar-refractivity contribution in [1.82, 2.24) is 10.2 Å². The smallest absolute Gasteiger partial charge is 0.264 e. The Labute approximate surface area is 253 Å². The van der Waals surface area contributed by atoms with Crippen LogP contribution >= 0.6 is 0 Å². The van der Waals surface area contributed by atoms with Crippen LogP contribution in [0, 0.1) is 12.7 Å². The van der Waals surface area contributed by atoms with Crippen LogP contribution < -0.4 is 14.4 Å². The monoisotopic (exact) mass is 609 g/mol. The van der Waals surface area contributed by atoms with Gasteiger partial charge in [0.05, 0.1) is 17.2 Å². The summed E-state index contributed by atoms with van der Waals surface area (Å²) in [5, 5.41) is 3.11. The van der Waals surface area contributed by atoms with Crippen LogP contribution in [0.15, 0.2) is 77.7 Å². The van der Waals surface area contributed by atoms with Gasteiger partial charge in [0, 0.05) is 12.6 Å². The minimum Gasteiger partial charge on any atom is -0.494 e. The number of carbonyl (C=O) groups is 2. The van der Waals surface area contributed by atoms with Crippen molar-refractivity contribution in [3.05, 3.63) is 89.7 Å². The van der Waals surface area contributed by atoms with E-state index in [-0.39, 0.29) is 29.1 Å². The molecule has 1 fully saturated rings. The summed E-state index contributed by atoms with van der Waals surface area (Å²) in [6.07, 6.45) is 4.23. The molecule has 1 N–H and O–H groups in total. The fraction of sp³-hybridized carbons (Fsp3) is 0.394. The Bertz CT molecular complexity index is 1490. The number of carbonyl (C=O) groups excluding carboxylic acids is 2. The van der Waals surface area contributed by atoms with Crippen molar-refractivity contribution in [3.8, 4) is 5.75 Å². The Morgan fingerprint density at radius 1 is 0.977 bits per heavy atom. The van der Waals surface area contributed by atoms with Crippen LogP contribution in [0.1, 0.15) is 57.1 Å². The molecule has 3 aromatic carbocycles. The van der Waals surface area contributed by atoms with E-state index in [4.69, 9.17) is 4.74 Å². The summed E-state index contributed by atoms with van der Waals surface area (Å²) in [5.41, 5.74) is 1.93. The van der Waals surface area contributed by atoms with Gasteiger partial charge >= 0.3 is 0 Å². The lowest BCUT2D eigenvalue weighted by Gasteiger charge is -2.34. The number of aryl methyl sites for hydroxylation is 1. The van der Waals surface area contributed by atoms with Gasteiger partial charge in [-0.15, -0.1) is 0 Å². The number of benzene rings is 3. The fourth-order valence-electron chi connectivity index (χ4n) is 5.40. The minimum absolute atomic E-state index is 0.0513. The molecule has 3 aromatic rings. The highest BCUT2D eigenvalue weighted by Crippen LogP contribution is 2.27. The quantitative estimate of drug-likeness (QED) is 0.273. The fourth-order valence-corrected chi connectivity index (χ4v) is 6.81. The second-order valence-corrected chi connectivity index (χ2v) is 12.6. The standard InChI is InChI=1S/C33H40FN3O5S/c1-4-31(33(39)35-27-12-8-9-13-27)36(22-25-11-7-6-10-24(25)3)32(38)23-37(28-16-14-26(34)15-17-28)43(40,41)30-20-18-29(19-21-30)42-5-2/h6-7,10-11,14-21,27,31H,4-5,8-9,12-13,22-23H2,1-3H3,(H,35,39)/t31-/m0/s1. The summed E-state index contributed by atoms with van der Waals surface area (Å²) in [6.45, 7) is 5.56. The molecule has 0 heterocycles. The highest BCUT2D eigenvalue weighted by atomic mass is 32.2. The first kappa shape index (κ1) is 32.0. The number of nitrogens with one attached hydrogen (secondary N) is 1. The van der Waals surface area contributed by atoms with Gasteiger partial charge in [-0.1, -0.05) is 44.0 Å². The number of halogens is 1. The molecule has 0 aliphatic heterocycles. The maximum absolute atomic E-state index is 14.2. The van der Waals surface area contributed by atoms with Gasteiger partial charge in [-0.25, -0.2) is 12.8 Å². The Morgan fingerprint density at radius 2 is 1.63 bits per heavy atom. The second-order valence-electron chi connectivity index (χ2n) is 10.8. The predicted octanol–water partition coefficient (Wildman–Crippen LogP) is 5.59. The van der Waals surface area contributed by atoms with Crippen LogP contribution in [0.25, 0.3) is 0 Å². The molecule has 1 aliphatic rings. The van der Waals surface area contributed by atoms with Crippen molar-refractivity contribution in [2.45, 2.75) is 76.4 Å². The molecule has 1 atom stereocenters. The van der Waals surface area contributed by atoms with Crippen LogP contribution in [0.4, 0.5) is 10.1 Å². The zero-order valence-corrected chi connectivity index (χ0v) is 25.8. The summed E-state index contributed by atoms with van der Waals surface area (Å²) in [7, 11) is -4.27. The number of sulfonamides is 1. The van der Waals surface area contributed by atoms with Gasteiger partial charge in [0.2, 0.25) is 11.8 Å². The van der Waals surface area contributed by atoms with E-state index in [9.17, 15) is 22.4 Å². The number of hydrogen-bond donors (Lipinski definition) is 1. The topological polar surface area (TPSA) is 96.0 Å². The van der Waals surface area contributed by atoms with Gasteiger partial charge in [-0.05, 0) is 92.8 Å². The van der Waals surface area contributed by atoms with E-state index in [0.29, 0.717) is 18.8 Å². The molecule has 0 saturated heterocycles. The SMILES string of the molecule is CCOc1ccc(S(=O)(=O)N(CC(=O)N(Cc2ccccc2C)[C@@H](CC)C(=O)NC2CCCC2)c2ccc(F)cc2)cc1. The second kappa shape index (κ2) is 14.5. The van der Waals surface area contributed by atoms with Crippen LogP contribution in [-0.2, 0) is 26.2 Å². The molecule has 10 heteroatoms. The molecule has 43 heavy (non-hydrogen) atoms. The highest BCUT2D eigenvalue weighted by Gasteiger charge is 2.34. The van der Waals surface area contributed by atoms with E-state index in [0.717, 1.165) is 53.2 Å². The van der Waals surface area contributed by atoms with Gasteiger partial charge in [-0.2, -0.15) is 0 Å². The summed E-state index contributed by atoms with van der Waals surface area (Å²) >= 11 is 0. The van der Waals surface area contributed by atoms with Gasteiger partial charge in [0.25, 0.3) is 10.0 Å². The van der Waals surface area contributed by atoms with Gasteiger partial charge in [-0.3, -0.25) is 13.9 Å². The molecule has 1 aliphatic carbocycles. The van der Waals surface area contributed by atoms with E-state index in [2.05, 4.69) is 5.32 Å². The zero-order valence-electron chi connectivity index (χ0n) is 25.0. The van der Waals surface area contributed by atoms with Crippen molar-refractivity contribution in [2.24, 2.45) is 0 Å². The zero-order chi connectivity index (χ0) is 31.0. The number of rotatable bonds is 13. The molecule has 230 valence electrons. The average molecular weight is 610 g/mol. The summed E-state index contributed by atoms with van der Waals surface area (Å²) < 4.78 is 48.3. The van der Waals surface area contributed by atoms with Crippen molar-refractivity contribution in [2.75, 3.05) is 17.5 Å². The maximum Gasteiger partial charge on any atom is 0.264 e. The molecule has 0 aromatic heterocycles. The number of anilines is 1. The molecule has 2 amide bonds. The third kappa shape index (κ3) is 7.93. The average Bonchev–Trinajstić information content (AvgIpc) is 3.50. The molecular weight excluding hydrogens is 569 g/mol. The molecule has 0 bridgehead atoms. The van der Waals surface area contributed by atoms with Crippen LogP contribution in [-0.4, -0.2) is 50.4 Å². The summed E-state index contributed by atoms with van der Waals surface area (Å²) in [5.74, 6) is -0.826. The van der Waals surface area contributed by atoms with E-state index < -0.39 is 34.3 Å². The van der Waals surface area contributed by atoms with Gasteiger partial charge < -0.3 is 15.0 Å². The molecule has 0 radical (unpaired) electrons. The van der Waals surface area contributed by atoms with Crippen LogP contribution in [0.5, 0.6) is 5.75 Å². The number of hydrogen-bond acceptors (Lipinski definition) is 5. The first-order valence-electron chi connectivity index (χ1n) is 14.8. The lowest BCUT2D eigenvalue weighted by atomic mass is 10.1. The third-order valence-corrected chi connectivity index (χ3v) is 9.59. The molecule has 8 nitrogen and oxygen atoms in total. The number of amides is 2.